The molecular weight excluding hydrogens is 378 g/mol. The summed E-state index contributed by atoms with van der Waals surface area (Å²) in [5.74, 6) is 0.143. The first-order valence-corrected chi connectivity index (χ1v) is 10.5. The number of aliphatic hydroxyl groups excluding tert-OH is 1. The van der Waals surface area contributed by atoms with Crippen molar-refractivity contribution < 1.29 is 5.11 Å². The zero-order valence-electron chi connectivity index (χ0n) is 18.1. The maximum Gasteiger partial charge on any atom is 0.0999 e. The van der Waals surface area contributed by atoms with E-state index < -0.39 is 6.10 Å². The Hall–Kier alpha value is -3.00. The third-order valence-corrected chi connectivity index (χ3v) is 5.35. The molecule has 3 N–H and O–H groups in total. The van der Waals surface area contributed by atoms with E-state index in [4.69, 9.17) is 10.7 Å². The van der Waals surface area contributed by atoms with Crippen LogP contribution in [-0.2, 0) is 0 Å². The minimum Gasteiger partial charge on any atom is -0.404 e. The highest BCUT2D eigenvalue weighted by atomic mass is 16.3. The van der Waals surface area contributed by atoms with Gasteiger partial charge in [0, 0.05) is 29.7 Å². The van der Waals surface area contributed by atoms with Gasteiger partial charge in [0.2, 0.25) is 0 Å². The SMILES string of the molecule is CCC(CC)n1cc(-c2nc(C(C=NCC(O)C(C)C)=CN)cn3nccc23)cn1. The fraction of sp³-hybridized carbons (Fsp3) is 0.455. The topological polar surface area (TPSA) is 107 Å². The molecule has 3 aromatic heterocycles. The van der Waals surface area contributed by atoms with E-state index in [-0.39, 0.29) is 5.92 Å². The zero-order chi connectivity index (χ0) is 21.7. The maximum absolute atomic E-state index is 9.97. The summed E-state index contributed by atoms with van der Waals surface area (Å²) in [6.45, 7) is 8.56. The average molecular weight is 410 g/mol. The summed E-state index contributed by atoms with van der Waals surface area (Å²) in [5, 5.41) is 18.9. The summed E-state index contributed by atoms with van der Waals surface area (Å²) in [6, 6.07) is 2.29. The molecule has 1 atom stereocenters. The number of allylic oxidation sites excluding steroid dienone is 1. The summed E-state index contributed by atoms with van der Waals surface area (Å²) >= 11 is 0. The van der Waals surface area contributed by atoms with E-state index in [2.05, 4.69) is 29.0 Å². The first-order valence-electron chi connectivity index (χ1n) is 10.5. The number of hydrogen-bond acceptors (Lipinski definition) is 6. The Bertz CT molecular complexity index is 1030. The van der Waals surface area contributed by atoms with Crippen molar-refractivity contribution in [2.24, 2.45) is 16.6 Å². The predicted octanol–water partition coefficient (Wildman–Crippen LogP) is 3.34. The molecule has 0 bridgehead atoms. The first kappa shape index (κ1) is 21.7. The van der Waals surface area contributed by atoms with Gasteiger partial charge in [-0.2, -0.15) is 10.2 Å². The molecular formula is C22H31N7O. The Kier molecular flexibility index (Phi) is 6.99. The molecule has 30 heavy (non-hydrogen) atoms. The summed E-state index contributed by atoms with van der Waals surface area (Å²) < 4.78 is 3.79. The average Bonchev–Trinajstić information content (AvgIpc) is 3.41. The van der Waals surface area contributed by atoms with Gasteiger partial charge in [0.25, 0.3) is 0 Å². The standard InChI is InChI=1S/C22H31N7O/c1-5-18(6-2)28-13-17(11-26-28)22-20-7-8-25-29(20)14-19(27-22)16(9-23)10-24-12-21(30)15(3)4/h7-11,13-15,18,21,30H,5-6,12,23H2,1-4H3. The number of aromatic nitrogens is 5. The number of nitrogens with two attached hydrogens (primary N) is 1. The van der Waals surface area contributed by atoms with Crippen molar-refractivity contribution in [2.75, 3.05) is 6.54 Å². The first-order chi connectivity index (χ1) is 14.5. The summed E-state index contributed by atoms with van der Waals surface area (Å²) in [4.78, 5) is 9.21. The monoisotopic (exact) mass is 409 g/mol. The van der Waals surface area contributed by atoms with Crippen molar-refractivity contribution in [2.45, 2.75) is 52.7 Å². The Morgan fingerprint density at radius 3 is 2.67 bits per heavy atom. The van der Waals surface area contributed by atoms with Crippen molar-refractivity contribution in [1.82, 2.24) is 24.4 Å². The molecule has 3 aromatic rings. The van der Waals surface area contributed by atoms with Crippen LogP contribution in [0, 0.1) is 5.92 Å². The van der Waals surface area contributed by atoms with Crippen LogP contribution in [0.4, 0.5) is 0 Å². The van der Waals surface area contributed by atoms with Gasteiger partial charge in [0.15, 0.2) is 0 Å². The lowest BCUT2D eigenvalue weighted by Gasteiger charge is -2.12. The van der Waals surface area contributed by atoms with Crippen molar-refractivity contribution in [3.8, 4) is 11.3 Å². The fourth-order valence-corrected chi connectivity index (χ4v) is 3.27. The molecule has 3 heterocycles. The molecule has 8 heteroatoms. The number of hydrogen-bond donors (Lipinski definition) is 2. The summed E-state index contributed by atoms with van der Waals surface area (Å²) in [6.07, 6.45) is 12.1. The Balaban J connectivity index is 1.97. The molecule has 8 nitrogen and oxygen atoms in total. The van der Waals surface area contributed by atoms with Crippen LogP contribution in [0.5, 0.6) is 0 Å². The van der Waals surface area contributed by atoms with Crippen LogP contribution in [0.25, 0.3) is 22.3 Å². The van der Waals surface area contributed by atoms with E-state index in [1.807, 2.05) is 43.2 Å². The fourth-order valence-electron chi connectivity index (χ4n) is 3.27. The highest BCUT2D eigenvalue weighted by Crippen LogP contribution is 2.26. The van der Waals surface area contributed by atoms with Crippen molar-refractivity contribution in [3.63, 3.8) is 0 Å². The number of fused-ring (bicyclic) bond motifs is 1. The van der Waals surface area contributed by atoms with Crippen LogP contribution in [0.1, 0.15) is 52.3 Å². The van der Waals surface area contributed by atoms with Gasteiger partial charge in [-0.3, -0.25) is 9.67 Å². The van der Waals surface area contributed by atoms with Crippen LogP contribution in [0.3, 0.4) is 0 Å². The van der Waals surface area contributed by atoms with Gasteiger partial charge in [-0.25, -0.2) is 9.50 Å². The van der Waals surface area contributed by atoms with Crippen LogP contribution >= 0.6 is 0 Å². The summed E-state index contributed by atoms with van der Waals surface area (Å²) in [7, 11) is 0. The molecule has 0 saturated heterocycles. The van der Waals surface area contributed by atoms with Crippen LogP contribution < -0.4 is 5.73 Å². The summed E-state index contributed by atoms with van der Waals surface area (Å²) in [5.41, 5.74) is 9.80. The molecule has 0 radical (unpaired) electrons. The molecule has 160 valence electrons. The van der Waals surface area contributed by atoms with E-state index in [0.29, 0.717) is 23.9 Å². The molecule has 0 fully saturated rings. The molecule has 0 aliphatic rings. The third kappa shape index (κ3) is 4.59. The van der Waals surface area contributed by atoms with E-state index >= 15 is 0 Å². The molecule has 0 aliphatic heterocycles. The van der Waals surface area contributed by atoms with Gasteiger partial charge < -0.3 is 10.8 Å². The lowest BCUT2D eigenvalue weighted by molar-refractivity contribution is 0.134. The highest BCUT2D eigenvalue weighted by Gasteiger charge is 2.15. The van der Waals surface area contributed by atoms with Gasteiger partial charge in [0.05, 0.1) is 54.2 Å². The second-order valence-corrected chi connectivity index (χ2v) is 7.74. The normalized spacial score (nSPS) is 13.9. The lowest BCUT2D eigenvalue weighted by atomic mass is 10.1. The largest absolute Gasteiger partial charge is 0.404 e. The van der Waals surface area contributed by atoms with Crippen LogP contribution in [0.15, 0.2) is 42.0 Å². The lowest BCUT2D eigenvalue weighted by Crippen LogP contribution is -2.18. The van der Waals surface area contributed by atoms with Crippen molar-refractivity contribution in [1.29, 1.82) is 0 Å². The predicted molar refractivity (Wildman–Crippen MR) is 120 cm³/mol. The van der Waals surface area contributed by atoms with E-state index in [0.717, 1.165) is 29.6 Å². The van der Waals surface area contributed by atoms with Crippen molar-refractivity contribution >= 4 is 17.3 Å². The molecule has 0 aliphatic carbocycles. The minimum absolute atomic E-state index is 0.143. The molecule has 0 saturated carbocycles. The molecule has 0 amide bonds. The Morgan fingerprint density at radius 1 is 1.23 bits per heavy atom. The Labute approximate surface area is 177 Å². The van der Waals surface area contributed by atoms with Gasteiger partial charge in [-0.15, -0.1) is 0 Å². The van der Waals surface area contributed by atoms with Gasteiger partial charge in [0.1, 0.15) is 0 Å². The second-order valence-electron chi connectivity index (χ2n) is 7.74. The highest BCUT2D eigenvalue weighted by molar-refractivity contribution is 6.09. The van der Waals surface area contributed by atoms with E-state index in [1.54, 1.807) is 16.9 Å². The maximum atomic E-state index is 9.97. The van der Waals surface area contributed by atoms with Gasteiger partial charge in [-0.05, 0) is 24.8 Å². The van der Waals surface area contributed by atoms with Gasteiger partial charge in [-0.1, -0.05) is 27.7 Å². The van der Waals surface area contributed by atoms with Crippen LogP contribution in [0.2, 0.25) is 0 Å². The smallest absolute Gasteiger partial charge is 0.0999 e. The van der Waals surface area contributed by atoms with E-state index in [9.17, 15) is 5.11 Å². The zero-order valence-corrected chi connectivity index (χ0v) is 18.1. The molecule has 0 aromatic carbocycles. The Morgan fingerprint density at radius 2 is 2.00 bits per heavy atom. The third-order valence-electron chi connectivity index (χ3n) is 5.35. The van der Waals surface area contributed by atoms with Crippen molar-refractivity contribution in [3.05, 3.63) is 42.7 Å². The molecule has 0 spiro atoms. The van der Waals surface area contributed by atoms with E-state index in [1.165, 1.54) is 6.20 Å². The number of aliphatic hydroxyl groups is 1. The molecule has 3 rings (SSSR count). The number of nitrogens with zero attached hydrogens (tertiary/aromatic N) is 6. The second kappa shape index (κ2) is 9.67. The van der Waals surface area contributed by atoms with Crippen LogP contribution in [-0.4, -0.2) is 48.3 Å². The van der Waals surface area contributed by atoms with Gasteiger partial charge >= 0.3 is 0 Å². The molecule has 1 unspecified atom stereocenters. The minimum atomic E-state index is -0.492. The number of rotatable bonds is 9. The quantitative estimate of drug-likeness (QED) is 0.527. The number of aliphatic imine (C=N–C) groups is 1.